The van der Waals surface area contributed by atoms with Gasteiger partial charge in [0.2, 0.25) is 5.88 Å². The molecular formula is C12H17BrN2O. The number of nitrogens with two attached hydrogens (primary N) is 1. The van der Waals surface area contributed by atoms with Gasteiger partial charge in [0.05, 0.1) is 0 Å². The lowest BCUT2D eigenvalue weighted by Gasteiger charge is -2.28. The number of pyridine rings is 1. The molecule has 0 bridgehead atoms. The van der Waals surface area contributed by atoms with E-state index in [1.54, 1.807) is 6.20 Å². The Kier molecular flexibility index (Phi) is 3.82. The molecule has 16 heavy (non-hydrogen) atoms. The third-order valence-electron chi connectivity index (χ3n) is 3.05. The first kappa shape index (κ1) is 11.9. The van der Waals surface area contributed by atoms with E-state index in [1.807, 2.05) is 13.0 Å². The quantitative estimate of drug-likeness (QED) is 0.909. The van der Waals surface area contributed by atoms with Crippen LogP contribution in [0.2, 0.25) is 0 Å². The molecule has 1 aliphatic rings. The van der Waals surface area contributed by atoms with Gasteiger partial charge in [-0.1, -0.05) is 6.42 Å². The number of nitrogens with zero attached hydrogens (tertiary/aromatic N) is 1. The van der Waals surface area contributed by atoms with Crippen LogP contribution in [0.15, 0.2) is 16.7 Å². The summed E-state index contributed by atoms with van der Waals surface area (Å²) < 4.78 is 6.85. The number of hydrogen-bond donors (Lipinski definition) is 1. The molecule has 0 saturated heterocycles. The van der Waals surface area contributed by atoms with Crippen LogP contribution in [0.5, 0.6) is 5.88 Å². The molecule has 1 aromatic rings. The third-order valence-corrected chi connectivity index (χ3v) is 3.88. The first-order valence-electron chi connectivity index (χ1n) is 5.71. The minimum Gasteiger partial charge on any atom is -0.473 e. The molecule has 88 valence electrons. The molecule has 2 unspecified atom stereocenters. The molecule has 0 aliphatic heterocycles. The molecular weight excluding hydrogens is 268 g/mol. The Balaban J connectivity index is 2.05. The van der Waals surface area contributed by atoms with Crippen LogP contribution in [0.1, 0.15) is 31.2 Å². The SMILES string of the molecule is Cc1cc(OC2CCCCC2N)ncc1Br. The van der Waals surface area contributed by atoms with Crippen molar-refractivity contribution < 1.29 is 4.74 Å². The fourth-order valence-corrected chi connectivity index (χ4v) is 2.22. The van der Waals surface area contributed by atoms with Crippen molar-refractivity contribution in [2.24, 2.45) is 5.73 Å². The molecule has 0 amide bonds. The van der Waals surface area contributed by atoms with Gasteiger partial charge >= 0.3 is 0 Å². The summed E-state index contributed by atoms with van der Waals surface area (Å²) in [5.41, 5.74) is 7.17. The molecule has 0 spiro atoms. The van der Waals surface area contributed by atoms with Gasteiger partial charge in [0.15, 0.2) is 0 Å². The Morgan fingerprint density at radius 3 is 2.88 bits per heavy atom. The van der Waals surface area contributed by atoms with E-state index in [0.717, 1.165) is 22.9 Å². The second-order valence-electron chi connectivity index (χ2n) is 4.38. The number of rotatable bonds is 2. The molecule has 1 aromatic heterocycles. The molecule has 0 aromatic carbocycles. The lowest BCUT2D eigenvalue weighted by molar-refractivity contribution is 0.126. The number of halogens is 1. The summed E-state index contributed by atoms with van der Waals surface area (Å²) >= 11 is 3.42. The van der Waals surface area contributed by atoms with E-state index in [4.69, 9.17) is 10.5 Å². The number of ether oxygens (including phenoxy) is 1. The van der Waals surface area contributed by atoms with Crippen LogP contribution in [0.4, 0.5) is 0 Å². The van der Waals surface area contributed by atoms with Gasteiger partial charge in [-0.15, -0.1) is 0 Å². The van der Waals surface area contributed by atoms with E-state index < -0.39 is 0 Å². The van der Waals surface area contributed by atoms with Crippen molar-refractivity contribution in [1.82, 2.24) is 4.98 Å². The third kappa shape index (κ3) is 2.74. The summed E-state index contributed by atoms with van der Waals surface area (Å²) in [4.78, 5) is 4.24. The van der Waals surface area contributed by atoms with Gasteiger partial charge in [0.25, 0.3) is 0 Å². The van der Waals surface area contributed by atoms with Crippen molar-refractivity contribution in [3.05, 3.63) is 22.3 Å². The molecule has 2 atom stereocenters. The van der Waals surface area contributed by atoms with Crippen molar-refractivity contribution >= 4 is 15.9 Å². The van der Waals surface area contributed by atoms with E-state index in [0.29, 0.717) is 5.88 Å². The molecule has 1 aliphatic carbocycles. The fourth-order valence-electron chi connectivity index (χ4n) is 2.00. The van der Waals surface area contributed by atoms with Gasteiger partial charge in [-0.25, -0.2) is 4.98 Å². The lowest BCUT2D eigenvalue weighted by Crippen LogP contribution is -2.41. The Hall–Kier alpha value is -0.610. The van der Waals surface area contributed by atoms with Gasteiger partial charge in [-0.2, -0.15) is 0 Å². The summed E-state index contributed by atoms with van der Waals surface area (Å²) in [5.74, 6) is 0.683. The van der Waals surface area contributed by atoms with Gasteiger partial charge in [0, 0.05) is 22.8 Å². The average Bonchev–Trinajstić information content (AvgIpc) is 2.27. The van der Waals surface area contributed by atoms with Crippen molar-refractivity contribution in [2.75, 3.05) is 0 Å². The summed E-state index contributed by atoms with van der Waals surface area (Å²) in [6, 6.07) is 2.10. The van der Waals surface area contributed by atoms with Crippen LogP contribution in [-0.4, -0.2) is 17.1 Å². The number of hydrogen-bond acceptors (Lipinski definition) is 3. The van der Waals surface area contributed by atoms with E-state index in [-0.39, 0.29) is 12.1 Å². The largest absolute Gasteiger partial charge is 0.473 e. The lowest BCUT2D eigenvalue weighted by atomic mass is 9.93. The zero-order valence-electron chi connectivity index (χ0n) is 9.45. The minimum absolute atomic E-state index is 0.127. The highest BCUT2D eigenvalue weighted by molar-refractivity contribution is 9.10. The van der Waals surface area contributed by atoms with E-state index in [1.165, 1.54) is 12.8 Å². The first-order valence-corrected chi connectivity index (χ1v) is 6.50. The van der Waals surface area contributed by atoms with Gasteiger partial charge in [-0.3, -0.25) is 0 Å². The summed E-state index contributed by atoms with van der Waals surface area (Å²) in [7, 11) is 0. The Morgan fingerprint density at radius 1 is 1.44 bits per heavy atom. The average molecular weight is 285 g/mol. The highest BCUT2D eigenvalue weighted by Crippen LogP contribution is 2.24. The summed E-state index contributed by atoms with van der Waals surface area (Å²) in [5, 5.41) is 0. The minimum atomic E-state index is 0.127. The van der Waals surface area contributed by atoms with E-state index in [9.17, 15) is 0 Å². The molecule has 1 fully saturated rings. The predicted molar refractivity (Wildman–Crippen MR) is 67.5 cm³/mol. The molecule has 4 heteroatoms. The van der Waals surface area contributed by atoms with Crippen molar-refractivity contribution in [1.29, 1.82) is 0 Å². The highest BCUT2D eigenvalue weighted by atomic mass is 79.9. The van der Waals surface area contributed by atoms with Gasteiger partial charge in [-0.05, 0) is 47.7 Å². The summed E-state index contributed by atoms with van der Waals surface area (Å²) in [6.07, 6.45) is 6.42. The van der Waals surface area contributed by atoms with Crippen molar-refractivity contribution in [3.8, 4) is 5.88 Å². The normalized spacial score (nSPS) is 25.4. The molecule has 0 radical (unpaired) electrons. The standard InChI is InChI=1S/C12H17BrN2O/c1-8-6-12(15-7-9(8)13)16-11-5-3-2-4-10(11)14/h6-7,10-11H,2-5,14H2,1H3. The topological polar surface area (TPSA) is 48.1 Å². The van der Waals surface area contributed by atoms with Crippen LogP contribution in [0, 0.1) is 6.92 Å². The van der Waals surface area contributed by atoms with Crippen LogP contribution in [0.25, 0.3) is 0 Å². The predicted octanol–water partition coefficient (Wildman–Crippen LogP) is 2.80. The maximum Gasteiger partial charge on any atom is 0.213 e. The van der Waals surface area contributed by atoms with Crippen LogP contribution >= 0.6 is 15.9 Å². The molecule has 2 rings (SSSR count). The smallest absolute Gasteiger partial charge is 0.213 e. The molecule has 1 heterocycles. The molecule has 2 N–H and O–H groups in total. The maximum atomic E-state index is 6.03. The Bertz CT molecular complexity index is 370. The Morgan fingerprint density at radius 2 is 2.19 bits per heavy atom. The second kappa shape index (κ2) is 5.15. The van der Waals surface area contributed by atoms with Crippen LogP contribution in [-0.2, 0) is 0 Å². The first-order chi connectivity index (χ1) is 7.66. The zero-order chi connectivity index (χ0) is 11.5. The van der Waals surface area contributed by atoms with Crippen LogP contribution < -0.4 is 10.5 Å². The van der Waals surface area contributed by atoms with Crippen molar-refractivity contribution in [2.45, 2.75) is 44.8 Å². The molecule has 3 nitrogen and oxygen atoms in total. The summed E-state index contributed by atoms with van der Waals surface area (Å²) in [6.45, 7) is 2.03. The maximum absolute atomic E-state index is 6.03. The molecule has 1 saturated carbocycles. The fraction of sp³-hybridized carbons (Fsp3) is 0.583. The number of aromatic nitrogens is 1. The zero-order valence-corrected chi connectivity index (χ0v) is 11.0. The monoisotopic (exact) mass is 284 g/mol. The number of aryl methyl sites for hydroxylation is 1. The van der Waals surface area contributed by atoms with E-state index >= 15 is 0 Å². The Labute approximate surface area is 105 Å². The van der Waals surface area contributed by atoms with Crippen molar-refractivity contribution in [3.63, 3.8) is 0 Å². The van der Waals surface area contributed by atoms with Crippen LogP contribution in [0.3, 0.4) is 0 Å². The van der Waals surface area contributed by atoms with Gasteiger partial charge in [0.1, 0.15) is 6.10 Å². The highest BCUT2D eigenvalue weighted by Gasteiger charge is 2.23. The van der Waals surface area contributed by atoms with Gasteiger partial charge < -0.3 is 10.5 Å². The van der Waals surface area contributed by atoms with E-state index in [2.05, 4.69) is 20.9 Å². The second-order valence-corrected chi connectivity index (χ2v) is 5.23.